The van der Waals surface area contributed by atoms with Gasteiger partial charge in [-0.15, -0.1) is 0 Å². The van der Waals surface area contributed by atoms with Crippen LogP contribution in [0, 0.1) is 0 Å². The Labute approximate surface area is 113 Å². The van der Waals surface area contributed by atoms with Crippen LogP contribution in [-0.2, 0) is 0 Å². The van der Waals surface area contributed by atoms with Crippen molar-refractivity contribution in [2.24, 2.45) is 0 Å². The lowest BCUT2D eigenvalue weighted by molar-refractivity contribution is 1.55. The van der Waals surface area contributed by atoms with E-state index in [1.807, 2.05) is 31.2 Å². The molecule has 0 saturated heterocycles. The van der Waals surface area contributed by atoms with E-state index in [2.05, 4.69) is 43.0 Å². The molecule has 2 rings (SSSR count). The molecule has 0 unspecified atom stereocenters. The fraction of sp³-hybridized carbons (Fsp3) is 0.0588. The molecular weight excluding hydrogens is 240 g/mol. The molecule has 0 saturated carbocycles. The van der Waals surface area contributed by atoms with Gasteiger partial charge in [-0.25, -0.2) is 0 Å². The number of rotatable bonds is 3. The largest absolute Gasteiger partial charge is 0.0850 e. The lowest BCUT2D eigenvalue weighted by Crippen LogP contribution is -1.81. The van der Waals surface area contributed by atoms with E-state index in [-0.39, 0.29) is 0 Å². The lowest BCUT2D eigenvalue weighted by atomic mass is 10.0. The first-order chi connectivity index (χ1) is 8.66. The summed E-state index contributed by atoms with van der Waals surface area (Å²) < 4.78 is 0. The Morgan fingerprint density at radius 3 is 2.06 bits per heavy atom. The van der Waals surface area contributed by atoms with Crippen LogP contribution in [0.15, 0.2) is 72.3 Å². The summed E-state index contributed by atoms with van der Waals surface area (Å²) in [5.41, 5.74) is 4.73. The third-order valence-electron chi connectivity index (χ3n) is 2.82. The van der Waals surface area contributed by atoms with E-state index in [4.69, 9.17) is 11.6 Å². The van der Waals surface area contributed by atoms with Gasteiger partial charge in [0.05, 0.1) is 0 Å². The highest BCUT2D eigenvalue weighted by molar-refractivity contribution is 6.31. The molecule has 0 heterocycles. The van der Waals surface area contributed by atoms with Crippen molar-refractivity contribution < 1.29 is 0 Å². The van der Waals surface area contributed by atoms with Gasteiger partial charge in [-0.05, 0) is 35.3 Å². The van der Waals surface area contributed by atoms with Crippen molar-refractivity contribution in [3.63, 3.8) is 0 Å². The van der Waals surface area contributed by atoms with E-state index in [9.17, 15) is 0 Å². The van der Waals surface area contributed by atoms with Crippen molar-refractivity contribution in [2.75, 3.05) is 0 Å². The molecule has 0 aromatic heterocycles. The molecule has 18 heavy (non-hydrogen) atoms. The summed E-state index contributed by atoms with van der Waals surface area (Å²) in [5.74, 6) is 0. The third kappa shape index (κ3) is 3.12. The first-order valence-electron chi connectivity index (χ1n) is 5.85. The van der Waals surface area contributed by atoms with Gasteiger partial charge in [0.1, 0.15) is 0 Å². The SMILES string of the molecule is C=C(Cl)/C=C(\C)c1ccc(-c2ccccc2)cc1. The van der Waals surface area contributed by atoms with Crippen LogP contribution in [0.3, 0.4) is 0 Å². The Morgan fingerprint density at radius 1 is 0.944 bits per heavy atom. The van der Waals surface area contributed by atoms with Gasteiger partial charge in [0.15, 0.2) is 0 Å². The number of hydrogen-bond donors (Lipinski definition) is 0. The molecule has 0 nitrogen and oxygen atoms in total. The molecule has 0 amide bonds. The highest BCUT2D eigenvalue weighted by Crippen LogP contribution is 2.23. The van der Waals surface area contributed by atoms with Crippen molar-refractivity contribution in [2.45, 2.75) is 6.92 Å². The lowest BCUT2D eigenvalue weighted by Gasteiger charge is -2.05. The Bertz CT molecular complexity index is 562. The maximum Gasteiger partial charge on any atom is 0.0337 e. The van der Waals surface area contributed by atoms with Gasteiger partial charge < -0.3 is 0 Å². The molecule has 0 N–H and O–H groups in total. The monoisotopic (exact) mass is 254 g/mol. The van der Waals surface area contributed by atoms with Crippen molar-refractivity contribution in [3.05, 3.63) is 77.8 Å². The van der Waals surface area contributed by atoms with Crippen molar-refractivity contribution in [1.29, 1.82) is 0 Å². The second-order valence-corrected chi connectivity index (χ2v) is 4.70. The molecule has 0 bridgehead atoms. The first-order valence-corrected chi connectivity index (χ1v) is 6.23. The average Bonchev–Trinajstić information content (AvgIpc) is 2.39. The van der Waals surface area contributed by atoms with E-state index >= 15 is 0 Å². The van der Waals surface area contributed by atoms with Crippen LogP contribution in [0.4, 0.5) is 0 Å². The Balaban J connectivity index is 2.29. The quantitative estimate of drug-likeness (QED) is 0.634. The normalized spacial score (nSPS) is 11.3. The molecule has 0 aliphatic carbocycles. The molecule has 0 atom stereocenters. The van der Waals surface area contributed by atoms with Crippen LogP contribution in [0.1, 0.15) is 12.5 Å². The Hall–Kier alpha value is -1.79. The van der Waals surface area contributed by atoms with Crippen LogP contribution in [0.5, 0.6) is 0 Å². The van der Waals surface area contributed by atoms with Crippen LogP contribution < -0.4 is 0 Å². The topological polar surface area (TPSA) is 0 Å². The molecule has 1 heteroatoms. The third-order valence-corrected chi connectivity index (χ3v) is 2.93. The molecule has 0 aliphatic heterocycles. The predicted octanol–water partition coefficient (Wildman–Crippen LogP) is 5.51. The van der Waals surface area contributed by atoms with Crippen molar-refractivity contribution in [3.8, 4) is 11.1 Å². The molecule has 0 aliphatic rings. The van der Waals surface area contributed by atoms with Crippen molar-refractivity contribution in [1.82, 2.24) is 0 Å². The first kappa shape index (κ1) is 12.7. The van der Waals surface area contributed by atoms with Crippen LogP contribution in [-0.4, -0.2) is 0 Å². The summed E-state index contributed by atoms with van der Waals surface area (Å²) in [6.45, 7) is 5.71. The summed E-state index contributed by atoms with van der Waals surface area (Å²) in [5, 5.41) is 0.555. The van der Waals surface area contributed by atoms with Crippen LogP contribution >= 0.6 is 11.6 Å². The Morgan fingerprint density at radius 2 is 1.50 bits per heavy atom. The van der Waals surface area contributed by atoms with Gasteiger partial charge in [0.2, 0.25) is 0 Å². The molecule has 0 spiro atoms. The Kier molecular flexibility index (Phi) is 4.01. The van der Waals surface area contributed by atoms with Crippen LogP contribution in [0.2, 0.25) is 0 Å². The number of allylic oxidation sites excluding steroid dienone is 3. The number of hydrogen-bond acceptors (Lipinski definition) is 0. The van der Waals surface area contributed by atoms with Crippen LogP contribution in [0.25, 0.3) is 16.7 Å². The average molecular weight is 255 g/mol. The highest BCUT2D eigenvalue weighted by atomic mass is 35.5. The van der Waals surface area contributed by atoms with E-state index in [0.717, 1.165) is 11.1 Å². The second-order valence-electron chi connectivity index (χ2n) is 4.22. The second kappa shape index (κ2) is 5.70. The standard InChI is InChI=1S/C17H15Cl/c1-13(12-14(2)18)15-8-10-17(11-9-15)16-6-4-3-5-7-16/h3-12H,2H2,1H3/b13-12+. The van der Waals surface area contributed by atoms with E-state index in [1.54, 1.807) is 0 Å². The minimum absolute atomic E-state index is 0.555. The zero-order chi connectivity index (χ0) is 13.0. The minimum Gasteiger partial charge on any atom is -0.0850 e. The molecular formula is C17H15Cl. The number of benzene rings is 2. The summed E-state index contributed by atoms with van der Waals surface area (Å²) in [4.78, 5) is 0. The molecule has 2 aromatic rings. The summed E-state index contributed by atoms with van der Waals surface area (Å²) in [7, 11) is 0. The zero-order valence-electron chi connectivity index (χ0n) is 10.4. The van der Waals surface area contributed by atoms with Gasteiger partial charge in [0.25, 0.3) is 0 Å². The van der Waals surface area contributed by atoms with Crippen molar-refractivity contribution >= 4 is 17.2 Å². The molecule has 0 fully saturated rings. The predicted molar refractivity (Wildman–Crippen MR) is 80.5 cm³/mol. The summed E-state index contributed by atoms with van der Waals surface area (Å²) >= 11 is 5.78. The fourth-order valence-electron chi connectivity index (χ4n) is 1.87. The van der Waals surface area contributed by atoms with Gasteiger partial charge in [0, 0.05) is 5.03 Å². The molecule has 90 valence electrons. The summed E-state index contributed by atoms with van der Waals surface area (Å²) in [6.07, 6.45) is 1.87. The zero-order valence-corrected chi connectivity index (χ0v) is 11.1. The van der Waals surface area contributed by atoms with E-state index < -0.39 is 0 Å². The minimum atomic E-state index is 0.555. The molecule has 2 aromatic carbocycles. The maximum absolute atomic E-state index is 5.78. The molecule has 0 radical (unpaired) electrons. The van der Waals surface area contributed by atoms with Gasteiger partial charge in [-0.3, -0.25) is 0 Å². The van der Waals surface area contributed by atoms with E-state index in [0.29, 0.717) is 5.03 Å². The van der Waals surface area contributed by atoms with Gasteiger partial charge in [-0.2, -0.15) is 0 Å². The highest BCUT2D eigenvalue weighted by Gasteiger charge is 1.99. The van der Waals surface area contributed by atoms with E-state index in [1.165, 1.54) is 11.1 Å². The number of halogens is 1. The maximum atomic E-state index is 5.78. The smallest absolute Gasteiger partial charge is 0.0337 e. The van der Waals surface area contributed by atoms with Gasteiger partial charge in [-0.1, -0.05) is 72.8 Å². The fourth-order valence-corrected chi connectivity index (χ4v) is 2.04. The summed E-state index contributed by atoms with van der Waals surface area (Å²) in [6, 6.07) is 18.8. The van der Waals surface area contributed by atoms with Gasteiger partial charge >= 0.3 is 0 Å².